The molecule has 1 aromatic carbocycles. The zero-order valence-electron chi connectivity index (χ0n) is 11.4. The number of hydrogen-bond donors (Lipinski definition) is 2. The van der Waals surface area contributed by atoms with Gasteiger partial charge >= 0.3 is 0 Å². The van der Waals surface area contributed by atoms with Crippen LogP contribution in [0.1, 0.15) is 44.7 Å². The fraction of sp³-hybridized carbons (Fsp3) is 0.600. The molecule has 1 rings (SSSR count). The van der Waals surface area contributed by atoms with Gasteiger partial charge in [0.05, 0.1) is 0 Å². The van der Waals surface area contributed by atoms with Gasteiger partial charge in [-0.1, -0.05) is 37.6 Å². The van der Waals surface area contributed by atoms with Crippen LogP contribution in [0.3, 0.4) is 0 Å². The molecular formula is C15H26N2. The summed E-state index contributed by atoms with van der Waals surface area (Å²) in [5.74, 6) is 0. The standard InChI is InChI=1S/C15H26N2/c1-4-5-13-6-8-14(9-7-13)12-17-11-10-15(2,3)16/h6-9,17H,4-5,10-12,16H2,1-3H3. The minimum Gasteiger partial charge on any atom is -0.326 e. The average molecular weight is 234 g/mol. The van der Waals surface area contributed by atoms with Crippen LogP contribution in [-0.4, -0.2) is 12.1 Å². The Morgan fingerprint density at radius 3 is 2.24 bits per heavy atom. The zero-order valence-corrected chi connectivity index (χ0v) is 11.4. The third kappa shape index (κ3) is 6.44. The molecule has 0 saturated heterocycles. The molecule has 0 fully saturated rings. The predicted octanol–water partition coefficient (Wildman–Crippen LogP) is 2.86. The maximum atomic E-state index is 5.93. The minimum atomic E-state index is -0.0714. The van der Waals surface area contributed by atoms with E-state index in [2.05, 4.69) is 50.4 Å². The highest BCUT2D eigenvalue weighted by Crippen LogP contribution is 2.07. The van der Waals surface area contributed by atoms with Crippen LogP contribution in [-0.2, 0) is 13.0 Å². The maximum absolute atomic E-state index is 5.93. The predicted molar refractivity (Wildman–Crippen MR) is 75.0 cm³/mol. The van der Waals surface area contributed by atoms with Crippen molar-refractivity contribution in [2.45, 2.75) is 52.1 Å². The molecule has 0 bridgehead atoms. The molecule has 0 aliphatic rings. The fourth-order valence-corrected chi connectivity index (χ4v) is 1.76. The van der Waals surface area contributed by atoms with E-state index in [0.29, 0.717) is 0 Å². The molecule has 0 amide bonds. The highest BCUT2D eigenvalue weighted by molar-refractivity contribution is 5.22. The Balaban J connectivity index is 2.27. The number of hydrogen-bond acceptors (Lipinski definition) is 2. The molecule has 0 saturated carbocycles. The number of aryl methyl sites for hydroxylation is 1. The van der Waals surface area contributed by atoms with Gasteiger partial charge in [-0.05, 0) is 44.4 Å². The molecule has 0 aromatic heterocycles. The van der Waals surface area contributed by atoms with Crippen LogP contribution < -0.4 is 11.1 Å². The van der Waals surface area contributed by atoms with Crippen molar-refractivity contribution in [2.24, 2.45) is 5.73 Å². The second-order valence-electron chi connectivity index (χ2n) is 5.48. The van der Waals surface area contributed by atoms with E-state index in [1.54, 1.807) is 0 Å². The van der Waals surface area contributed by atoms with Crippen LogP contribution in [0.2, 0.25) is 0 Å². The molecule has 96 valence electrons. The second-order valence-corrected chi connectivity index (χ2v) is 5.48. The molecule has 17 heavy (non-hydrogen) atoms. The van der Waals surface area contributed by atoms with Crippen LogP contribution in [0.15, 0.2) is 24.3 Å². The lowest BCUT2D eigenvalue weighted by molar-refractivity contribution is 0.455. The van der Waals surface area contributed by atoms with Gasteiger partial charge in [0.1, 0.15) is 0 Å². The highest BCUT2D eigenvalue weighted by Gasteiger charge is 2.08. The number of benzene rings is 1. The molecule has 0 spiro atoms. The molecular weight excluding hydrogens is 208 g/mol. The van der Waals surface area contributed by atoms with Gasteiger partial charge in [0.25, 0.3) is 0 Å². The number of rotatable bonds is 7. The van der Waals surface area contributed by atoms with Crippen molar-refractivity contribution >= 4 is 0 Å². The van der Waals surface area contributed by atoms with Crippen LogP contribution in [0.5, 0.6) is 0 Å². The monoisotopic (exact) mass is 234 g/mol. The van der Waals surface area contributed by atoms with Crippen LogP contribution >= 0.6 is 0 Å². The summed E-state index contributed by atoms with van der Waals surface area (Å²) in [6.07, 6.45) is 3.39. The lowest BCUT2D eigenvalue weighted by Crippen LogP contribution is -2.35. The summed E-state index contributed by atoms with van der Waals surface area (Å²) in [5, 5.41) is 3.43. The van der Waals surface area contributed by atoms with E-state index in [0.717, 1.165) is 19.5 Å². The van der Waals surface area contributed by atoms with E-state index >= 15 is 0 Å². The van der Waals surface area contributed by atoms with Crippen molar-refractivity contribution < 1.29 is 0 Å². The van der Waals surface area contributed by atoms with Crippen LogP contribution in [0.4, 0.5) is 0 Å². The van der Waals surface area contributed by atoms with E-state index < -0.39 is 0 Å². The molecule has 0 radical (unpaired) electrons. The minimum absolute atomic E-state index is 0.0714. The fourth-order valence-electron chi connectivity index (χ4n) is 1.76. The quantitative estimate of drug-likeness (QED) is 0.712. The van der Waals surface area contributed by atoms with E-state index in [1.165, 1.54) is 24.0 Å². The van der Waals surface area contributed by atoms with E-state index in [9.17, 15) is 0 Å². The molecule has 0 aliphatic heterocycles. The van der Waals surface area contributed by atoms with Crippen LogP contribution in [0.25, 0.3) is 0 Å². The van der Waals surface area contributed by atoms with Crippen molar-refractivity contribution in [2.75, 3.05) is 6.54 Å². The van der Waals surface area contributed by atoms with E-state index in [-0.39, 0.29) is 5.54 Å². The van der Waals surface area contributed by atoms with Gasteiger partial charge in [-0.2, -0.15) is 0 Å². The largest absolute Gasteiger partial charge is 0.326 e. The Bertz CT molecular complexity index is 309. The first-order chi connectivity index (χ1) is 8.01. The summed E-state index contributed by atoms with van der Waals surface area (Å²) in [7, 11) is 0. The van der Waals surface area contributed by atoms with Crippen molar-refractivity contribution in [1.82, 2.24) is 5.32 Å². The summed E-state index contributed by atoms with van der Waals surface area (Å²) in [4.78, 5) is 0. The molecule has 3 N–H and O–H groups in total. The Morgan fingerprint density at radius 1 is 1.12 bits per heavy atom. The molecule has 2 nitrogen and oxygen atoms in total. The van der Waals surface area contributed by atoms with Gasteiger partial charge in [0.2, 0.25) is 0 Å². The van der Waals surface area contributed by atoms with Gasteiger partial charge in [-0.25, -0.2) is 0 Å². The Kier molecular flexibility index (Phi) is 5.66. The summed E-state index contributed by atoms with van der Waals surface area (Å²) in [5.41, 5.74) is 8.63. The highest BCUT2D eigenvalue weighted by atomic mass is 14.9. The SMILES string of the molecule is CCCc1ccc(CNCCC(C)(C)N)cc1. The number of nitrogens with two attached hydrogens (primary N) is 1. The molecule has 0 atom stereocenters. The summed E-state index contributed by atoms with van der Waals surface area (Å²) in [6, 6.07) is 8.89. The van der Waals surface area contributed by atoms with E-state index in [4.69, 9.17) is 5.73 Å². The van der Waals surface area contributed by atoms with Gasteiger partial charge in [-0.3, -0.25) is 0 Å². The normalized spacial score (nSPS) is 11.8. The van der Waals surface area contributed by atoms with Gasteiger partial charge in [-0.15, -0.1) is 0 Å². The first-order valence-corrected chi connectivity index (χ1v) is 6.58. The lowest BCUT2D eigenvalue weighted by Gasteiger charge is -2.18. The third-order valence-electron chi connectivity index (χ3n) is 2.84. The third-order valence-corrected chi connectivity index (χ3v) is 2.84. The smallest absolute Gasteiger partial charge is 0.0205 e. The van der Waals surface area contributed by atoms with Crippen LogP contribution in [0, 0.1) is 0 Å². The van der Waals surface area contributed by atoms with Crippen molar-refractivity contribution in [3.05, 3.63) is 35.4 Å². The Morgan fingerprint density at radius 2 is 1.71 bits per heavy atom. The molecule has 0 heterocycles. The maximum Gasteiger partial charge on any atom is 0.0205 e. The van der Waals surface area contributed by atoms with Gasteiger partial charge in [0, 0.05) is 12.1 Å². The summed E-state index contributed by atoms with van der Waals surface area (Å²) >= 11 is 0. The summed E-state index contributed by atoms with van der Waals surface area (Å²) in [6.45, 7) is 8.25. The van der Waals surface area contributed by atoms with Crippen molar-refractivity contribution in [3.63, 3.8) is 0 Å². The lowest BCUT2D eigenvalue weighted by atomic mass is 10.0. The number of nitrogens with one attached hydrogen (secondary N) is 1. The topological polar surface area (TPSA) is 38.0 Å². The zero-order chi connectivity index (χ0) is 12.7. The molecule has 1 aromatic rings. The average Bonchev–Trinajstić information content (AvgIpc) is 2.26. The first-order valence-electron chi connectivity index (χ1n) is 6.58. The van der Waals surface area contributed by atoms with Gasteiger partial charge in [0.15, 0.2) is 0 Å². The van der Waals surface area contributed by atoms with Crippen molar-refractivity contribution in [3.8, 4) is 0 Å². The molecule has 0 unspecified atom stereocenters. The Labute approximate surface area is 106 Å². The Hall–Kier alpha value is -0.860. The molecule has 2 heteroatoms. The van der Waals surface area contributed by atoms with Gasteiger partial charge < -0.3 is 11.1 Å². The second kappa shape index (κ2) is 6.77. The first kappa shape index (κ1) is 14.2. The summed E-state index contributed by atoms with van der Waals surface area (Å²) < 4.78 is 0. The van der Waals surface area contributed by atoms with E-state index in [1.807, 2.05) is 0 Å². The van der Waals surface area contributed by atoms with Crippen molar-refractivity contribution in [1.29, 1.82) is 0 Å². The molecule has 0 aliphatic carbocycles.